The molecule has 1 aromatic carbocycles. The van der Waals surface area contributed by atoms with Gasteiger partial charge in [-0.05, 0) is 45.7 Å². The van der Waals surface area contributed by atoms with Crippen LogP contribution >= 0.6 is 0 Å². The van der Waals surface area contributed by atoms with Crippen molar-refractivity contribution in [2.24, 2.45) is 17.6 Å². The van der Waals surface area contributed by atoms with Crippen molar-refractivity contribution in [3.8, 4) is 5.75 Å². The van der Waals surface area contributed by atoms with Crippen LogP contribution in [-0.4, -0.2) is 123 Å². The average Bonchev–Trinajstić information content (AvgIpc) is 2.86. The Labute approximate surface area is 230 Å². The fourth-order valence-electron chi connectivity index (χ4n) is 6.40. The van der Waals surface area contributed by atoms with E-state index in [0.29, 0.717) is 5.56 Å². The van der Waals surface area contributed by atoms with Gasteiger partial charge in [0.25, 0.3) is 5.91 Å². The predicted molar refractivity (Wildman–Crippen MR) is 143 cm³/mol. The summed E-state index contributed by atoms with van der Waals surface area (Å²) in [6.45, 7) is 1.74. The highest BCUT2D eigenvalue weighted by Gasteiger charge is 2.68. The van der Waals surface area contributed by atoms with Gasteiger partial charge in [0, 0.05) is 24.1 Å². The van der Waals surface area contributed by atoms with Crippen molar-refractivity contribution in [1.82, 2.24) is 9.80 Å². The van der Waals surface area contributed by atoms with Crippen molar-refractivity contribution in [2.45, 2.75) is 36.6 Å². The number of likely N-dealkylation sites (N-methyl/N-ethyl adjacent to an activating group) is 2. The molecule has 40 heavy (non-hydrogen) atoms. The van der Waals surface area contributed by atoms with Crippen molar-refractivity contribution in [1.29, 1.82) is 0 Å². The zero-order valence-electron chi connectivity index (χ0n) is 22.9. The minimum absolute atomic E-state index is 0.105. The number of benzene rings is 1. The molecule has 13 heteroatoms. The van der Waals surface area contributed by atoms with Gasteiger partial charge in [-0.25, -0.2) is 0 Å². The molecule has 5 unspecified atom stereocenters. The maximum absolute atomic E-state index is 14.0. The lowest BCUT2D eigenvalue weighted by atomic mass is 9.54. The second-order valence-corrected chi connectivity index (χ2v) is 11.2. The van der Waals surface area contributed by atoms with Crippen LogP contribution < -0.4 is 11.1 Å². The van der Waals surface area contributed by atoms with Gasteiger partial charge in [0.15, 0.2) is 11.4 Å². The number of nitrogens with zero attached hydrogens (tertiary/aromatic N) is 2. The first kappa shape index (κ1) is 29.5. The SMILES string of the molecule is CC1c2ccc(NCC(CO)N(C)C)c(O)c2C(O)=C2C(=O)[C@]3(O)C(O)=C(C(N)=O)C(=O)[C@@H](N(C)C)C3C(O)C21. The van der Waals surface area contributed by atoms with Crippen LogP contribution in [0.25, 0.3) is 5.76 Å². The molecule has 0 spiro atoms. The number of nitrogens with one attached hydrogen (secondary N) is 1. The molecule has 7 atom stereocenters. The third-order valence-corrected chi connectivity index (χ3v) is 8.60. The normalized spacial score (nSPS) is 30.8. The highest BCUT2D eigenvalue weighted by Crippen LogP contribution is 2.56. The van der Waals surface area contributed by atoms with Gasteiger partial charge in [0.2, 0.25) is 5.78 Å². The zero-order chi connectivity index (χ0) is 30.0. The lowest BCUT2D eigenvalue weighted by Crippen LogP contribution is -2.70. The molecule has 1 fully saturated rings. The first-order valence-electron chi connectivity index (χ1n) is 12.8. The number of rotatable bonds is 7. The largest absolute Gasteiger partial charge is 0.508 e. The molecule has 3 aliphatic carbocycles. The summed E-state index contributed by atoms with van der Waals surface area (Å²) in [5.74, 6) is -9.37. The van der Waals surface area contributed by atoms with Crippen molar-refractivity contribution in [3.05, 3.63) is 40.2 Å². The molecule has 0 radical (unpaired) electrons. The molecule has 0 saturated heterocycles. The van der Waals surface area contributed by atoms with Gasteiger partial charge in [-0.15, -0.1) is 0 Å². The number of aliphatic hydroxyl groups is 5. The van der Waals surface area contributed by atoms with E-state index in [1.807, 2.05) is 0 Å². The second-order valence-electron chi connectivity index (χ2n) is 11.2. The highest BCUT2D eigenvalue weighted by molar-refractivity contribution is 6.24. The summed E-state index contributed by atoms with van der Waals surface area (Å²) in [7, 11) is 6.46. The van der Waals surface area contributed by atoms with Crippen LogP contribution in [-0.2, 0) is 14.4 Å². The van der Waals surface area contributed by atoms with E-state index in [-0.39, 0.29) is 30.4 Å². The van der Waals surface area contributed by atoms with Gasteiger partial charge < -0.3 is 46.6 Å². The van der Waals surface area contributed by atoms with Crippen LogP contribution in [0.15, 0.2) is 29.0 Å². The lowest BCUT2D eigenvalue weighted by molar-refractivity contribution is -0.169. The van der Waals surface area contributed by atoms with E-state index < -0.39 is 81.4 Å². The van der Waals surface area contributed by atoms with Gasteiger partial charge in [0.05, 0.1) is 35.9 Å². The van der Waals surface area contributed by atoms with Crippen LogP contribution in [0.1, 0.15) is 24.0 Å². The van der Waals surface area contributed by atoms with Gasteiger partial charge in [-0.2, -0.15) is 0 Å². The number of phenols is 1. The zero-order valence-corrected chi connectivity index (χ0v) is 22.9. The maximum Gasteiger partial charge on any atom is 0.255 e. The quantitative estimate of drug-likeness (QED) is 0.146. The van der Waals surface area contributed by atoms with Crippen molar-refractivity contribution >= 4 is 28.9 Å². The number of carbonyl (C=O) groups is 3. The number of phenolic OH excluding ortho intramolecular Hbond substituents is 1. The lowest BCUT2D eigenvalue weighted by Gasteiger charge is -2.53. The Kier molecular flexibility index (Phi) is 7.49. The van der Waals surface area contributed by atoms with Gasteiger partial charge in [-0.1, -0.05) is 13.0 Å². The number of primary amides is 1. The number of anilines is 1. The number of amides is 1. The molecule has 1 aromatic rings. The third-order valence-electron chi connectivity index (χ3n) is 8.60. The number of aliphatic hydroxyl groups excluding tert-OH is 4. The van der Waals surface area contributed by atoms with Gasteiger partial charge in [-0.3, -0.25) is 19.3 Å². The first-order valence-corrected chi connectivity index (χ1v) is 12.8. The van der Waals surface area contributed by atoms with E-state index in [9.17, 15) is 45.0 Å². The molecule has 0 aromatic heterocycles. The standard InChI is InChI=1S/C27H36N4O9/c1-10-12-6-7-13(29-8-11(9-32)30(2)3)20(33)15(12)21(34)16-14(10)22(35)18-19(31(4)5)23(36)17(26(28)39)25(38)27(18,40)24(16)37/h6-7,10-11,14,18-19,22,29,32-35,38,40H,8-9H2,1-5H3,(H2,28,39)/t10?,11?,14?,18?,19-,22?,27-/m0/s1. The number of nitrogens with two attached hydrogens (primary N) is 1. The topological polar surface area (TPSA) is 217 Å². The Bertz CT molecular complexity index is 1340. The van der Waals surface area contributed by atoms with Crippen molar-refractivity contribution in [2.75, 3.05) is 46.7 Å². The van der Waals surface area contributed by atoms with E-state index >= 15 is 0 Å². The van der Waals surface area contributed by atoms with Crippen LogP contribution in [0.5, 0.6) is 5.75 Å². The molecule has 3 aliphatic rings. The number of aromatic hydroxyl groups is 1. The molecular formula is C27H36N4O9. The van der Waals surface area contributed by atoms with E-state index in [0.717, 1.165) is 0 Å². The molecule has 0 aliphatic heterocycles. The van der Waals surface area contributed by atoms with Crippen LogP contribution in [0.3, 0.4) is 0 Å². The van der Waals surface area contributed by atoms with Crippen molar-refractivity contribution in [3.63, 3.8) is 0 Å². The van der Waals surface area contributed by atoms with Gasteiger partial charge in [0.1, 0.15) is 22.8 Å². The Morgan fingerprint density at radius 3 is 2.30 bits per heavy atom. The predicted octanol–water partition coefficient (Wildman–Crippen LogP) is -1.17. The minimum atomic E-state index is -2.96. The Morgan fingerprint density at radius 1 is 1.15 bits per heavy atom. The number of hydrogen-bond donors (Lipinski definition) is 8. The molecule has 0 bridgehead atoms. The molecule has 13 nitrogen and oxygen atoms in total. The van der Waals surface area contributed by atoms with Gasteiger partial charge >= 0.3 is 0 Å². The van der Waals surface area contributed by atoms with Crippen LogP contribution in [0.4, 0.5) is 5.69 Å². The molecule has 0 heterocycles. The first-order chi connectivity index (χ1) is 18.6. The summed E-state index contributed by atoms with van der Waals surface area (Å²) >= 11 is 0. The molecule has 1 amide bonds. The average molecular weight is 561 g/mol. The number of carbonyl (C=O) groups excluding carboxylic acids is 3. The summed E-state index contributed by atoms with van der Waals surface area (Å²) in [4.78, 5) is 42.5. The smallest absolute Gasteiger partial charge is 0.255 e. The molecular weight excluding hydrogens is 524 g/mol. The monoisotopic (exact) mass is 560 g/mol. The summed E-state index contributed by atoms with van der Waals surface area (Å²) in [5.41, 5.74) is 1.44. The number of hydrogen-bond acceptors (Lipinski definition) is 12. The van der Waals surface area contributed by atoms with E-state index in [2.05, 4.69) is 5.32 Å². The Hall–Kier alpha value is -3.49. The number of fused-ring (bicyclic) bond motifs is 3. The van der Waals surface area contributed by atoms with Crippen molar-refractivity contribution < 1.29 is 45.0 Å². The molecule has 4 rings (SSSR count). The van der Waals surface area contributed by atoms with E-state index in [4.69, 9.17) is 5.73 Å². The molecule has 218 valence electrons. The Balaban J connectivity index is 1.91. The summed E-state index contributed by atoms with van der Waals surface area (Å²) in [6.07, 6.45) is -1.65. The highest BCUT2D eigenvalue weighted by atomic mass is 16.4. The van der Waals surface area contributed by atoms with E-state index in [1.165, 1.54) is 19.0 Å². The van der Waals surface area contributed by atoms with Crippen LogP contribution in [0.2, 0.25) is 0 Å². The summed E-state index contributed by atoms with van der Waals surface area (Å²) in [6, 6.07) is 1.49. The fraction of sp³-hybridized carbons (Fsp3) is 0.519. The number of Topliss-reactive ketones (excluding diaryl/α,β-unsaturated/α-hetero) is 2. The molecule has 9 N–H and O–H groups in total. The number of ketones is 2. The summed E-state index contributed by atoms with van der Waals surface area (Å²) < 4.78 is 0. The fourth-order valence-corrected chi connectivity index (χ4v) is 6.40. The third kappa shape index (κ3) is 3.99. The second kappa shape index (κ2) is 10.2. The maximum atomic E-state index is 14.0. The Morgan fingerprint density at radius 2 is 1.77 bits per heavy atom. The van der Waals surface area contributed by atoms with Crippen LogP contribution in [0, 0.1) is 11.8 Å². The minimum Gasteiger partial charge on any atom is -0.508 e. The van der Waals surface area contributed by atoms with E-state index in [1.54, 1.807) is 38.1 Å². The summed E-state index contributed by atoms with van der Waals surface area (Å²) in [5, 5.41) is 69.5. The molecule has 1 saturated carbocycles.